The maximum atomic E-state index is 12.5. The number of nitrogens with one attached hydrogen (secondary N) is 1. The highest BCUT2D eigenvalue weighted by molar-refractivity contribution is 7.99. The molecule has 0 saturated carbocycles. The first kappa shape index (κ1) is 20.8. The normalized spacial score (nSPS) is 10.5. The molecule has 1 aromatic heterocycles. The molecular formula is C19H15N5O5S. The van der Waals surface area contributed by atoms with Gasteiger partial charge in [-0.1, -0.05) is 18.7 Å². The van der Waals surface area contributed by atoms with Gasteiger partial charge in [0.05, 0.1) is 10.6 Å². The molecule has 0 amide bonds. The quantitative estimate of drug-likeness (QED) is 0.470. The van der Waals surface area contributed by atoms with Crippen LogP contribution in [0.1, 0.15) is 18.9 Å². The Morgan fingerprint density at radius 3 is 2.37 bits per heavy atom. The first-order valence-corrected chi connectivity index (χ1v) is 9.60. The van der Waals surface area contributed by atoms with Gasteiger partial charge in [-0.3, -0.25) is 15.1 Å². The van der Waals surface area contributed by atoms with Gasteiger partial charge in [0.2, 0.25) is 0 Å². The van der Waals surface area contributed by atoms with Crippen molar-refractivity contribution in [2.24, 2.45) is 0 Å². The van der Waals surface area contributed by atoms with Crippen LogP contribution in [0.5, 0.6) is 0 Å². The number of nitriles is 1. The van der Waals surface area contributed by atoms with E-state index in [0.717, 1.165) is 14.0 Å². The highest BCUT2D eigenvalue weighted by atomic mass is 32.2. The fraction of sp³-hybridized carbons (Fsp3) is 0.158. The van der Waals surface area contributed by atoms with E-state index >= 15 is 0 Å². The Kier molecular flexibility index (Phi) is 5.98. The Morgan fingerprint density at radius 1 is 1.10 bits per heavy atom. The maximum Gasteiger partial charge on any atom is 0.340 e. The first-order chi connectivity index (χ1) is 14.3. The summed E-state index contributed by atoms with van der Waals surface area (Å²) in [5.41, 5.74) is -2.32. The van der Waals surface area contributed by atoms with Crippen LogP contribution in [0.25, 0.3) is 5.69 Å². The van der Waals surface area contributed by atoms with E-state index < -0.39 is 22.0 Å². The minimum absolute atomic E-state index is 0.0436. The lowest BCUT2D eigenvalue weighted by atomic mass is 10.2. The summed E-state index contributed by atoms with van der Waals surface area (Å²) in [6, 6.07) is 12.5. The van der Waals surface area contributed by atoms with Crippen LogP contribution in [0.15, 0.2) is 66.6 Å². The van der Waals surface area contributed by atoms with Crippen LogP contribution in [-0.2, 0) is 6.54 Å². The van der Waals surface area contributed by atoms with Gasteiger partial charge < -0.3 is 0 Å². The molecule has 0 bridgehead atoms. The molecule has 2 aromatic carbocycles. The van der Waals surface area contributed by atoms with E-state index in [1.54, 1.807) is 24.3 Å². The summed E-state index contributed by atoms with van der Waals surface area (Å²) >= 11 is 1.26. The third-order valence-electron chi connectivity index (χ3n) is 4.15. The number of nitro groups is 1. The molecule has 0 atom stereocenters. The molecular weight excluding hydrogens is 410 g/mol. The third kappa shape index (κ3) is 4.08. The van der Waals surface area contributed by atoms with Gasteiger partial charge in [0.15, 0.2) is 0 Å². The van der Waals surface area contributed by atoms with Gasteiger partial charge in [-0.05, 0) is 42.8 Å². The Hall–Kier alpha value is -3.91. The van der Waals surface area contributed by atoms with E-state index in [-0.39, 0.29) is 23.5 Å². The molecule has 0 fully saturated rings. The van der Waals surface area contributed by atoms with Crippen molar-refractivity contribution in [1.82, 2.24) is 14.1 Å². The van der Waals surface area contributed by atoms with Crippen LogP contribution in [0.2, 0.25) is 0 Å². The van der Waals surface area contributed by atoms with E-state index in [4.69, 9.17) is 5.26 Å². The summed E-state index contributed by atoms with van der Waals surface area (Å²) < 4.78 is 1.84. The van der Waals surface area contributed by atoms with Crippen LogP contribution in [0, 0.1) is 21.4 Å². The number of aromatic amines is 1. The van der Waals surface area contributed by atoms with Crippen molar-refractivity contribution < 1.29 is 4.92 Å². The minimum Gasteiger partial charge on any atom is -0.258 e. The monoisotopic (exact) mass is 425 g/mol. The Morgan fingerprint density at radius 2 is 1.77 bits per heavy atom. The molecule has 10 nitrogen and oxygen atoms in total. The molecule has 0 saturated heterocycles. The molecule has 1 heterocycles. The molecule has 152 valence electrons. The van der Waals surface area contributed by atoms with E-state index in [1.807, 2.05) is 13.0 Å². The molecule has 0 aliphatic carbocycles. The molecule has 3 rings (SSSR count). The Labute approximate surface area is 173 Å². The zero-order valence-corrected chi connectivity index (χ0v) is 16.5. The van der Waals surface area contributed by atoms with Gasteiger partial charge in [-0.2, -0.15) is 5.26 Å². The fourth-order valence-electron chi connectivity index (χ4n) is 2.78. The lowest BCUT2D eigenvalue weighted by molar-refractivity contribution is -0.385. The van der Waals surface area contributed by atoms with Crippen molar-refractivity contribution >= 4 is 17.4 Å². The van der Waals surface area contributed by atoms with Crippen LogP contribution in [0.3, 0.4) is 0 Å². The summed E-state index contributed by atoms with van der Waals surface area (Å²) in [4.78, 5) is 50.3. The second-order valence-corrected chi connectivity index (χ2v) is 7.30. The number of nitro benzene ring substituents is 1. The minimum atomic E-state index is -0.827. The highest BCUT2D eigenvalue weighted by Crippen LogP contribution is 2.31. The molecule has 11 heteroatoms. The predicted octanol–water partition coefficient (Wildman–Crippen LogP) is 2.03. The van der Waals surface area contributed by atoms with Gasteiger partial charge >= 0.3 is 17.1 Å². The van der Waals surface area contributed by atoms with Gasteiger partial charge in [0, 0.05) is 22.4 Å². The topological polar surface area (TPSA) is 144 Å². The lowest BCUT2D eigenvalue weighted by Crippen LogP contribution is -2.48. The van der Waals surface area contributed by atoms with E-state index in [1.165, 1.54) is 30.0 Å². The predicted molar refractivity (Wildman–Crippen MR) is 109 cm³/mol. The first-order valence-electron chi connectivity index (χ1n) is 8.78. The van der Waals surface area contributed by atoms with E-state index in [2.05, 4.69) is 4.98 Å². The number of rotatable bonds is 6. The van der Waals surface area contributed by atoms with Crippen molar-refractivity contribution in [3.8, 4) is 11.8 Å². The summed E-state index contributed by atoms with van der Waals surface area (Å²) in [7, 11) is 0. The highest BCUT2D eigenvalue weighted by Gasteiger charge is 2.15. The smallest absolute Gasteiger partial charge is 0.258 e. The van der Waals surface area contributed by atoms with Crippen molar-refractivity contribution in [3.63, 3.8) is 0 Å². The summed E-state index contributed by atoms with van der Waals surface area (Å²) in [6.07, 6.45) is 0.552. The fourth-order valence-corrected chi connectivity index (χ4v) is 3.64. The van der Waals surface area contributed by atoms with E-state index in [9.17, 15) is 24.5 Å². The average Bonchev–Trinajstić information content (AvgIpc) is 2.72. The van der Waals surface area contributed by atoms with Crippen LogP contribution < -0.4 is 17.1 Å². The second kappa shape index (κ2) is 8.62. The molecule has 0 radical (unpaired) electrons. The largest absolute Gasteiger partial charge is 0.340 e. The molecule has 30 heavy (non-hydrogen) atoms. The number of nitrogens with zero attached hydrogens (tertiary/aromatic N) is 4. The zero-order chi connectivity index (χ0) is 21.8. The van der Waals surface area contributed by atoms with Crippen LogP contribution in [0.4, 0.5) is 5.69 Å². The van der Waals surface area contributed by atoms with Crippen LogP contribution in [-0.4, -0.2) is 19.0 Å². The van der Waals surface area contributed by atoms with Crippen LogP contribution >= 0.6 is 11.8 Å². The number of hydrogen-bond donors (Lipinski definition) is 1. The Bertz CT molecular complexity index is 1330. The molecule has 0 aliphatic heterocycles. The molecule has 0 aliphatic rings. The molecule has 1 N–H and O–H groups in total. The van der Waals surface area contributed by atoms with Crippen molar-refractivity contribution in [2.75, 3.05) is 0 Å². The maximum absolute atomic E-state index is 12.5. The number of aromatic nitrogens is 3. The van der Waals surface area contributed by atoms with Gasteiger partial charge in [0.25, 0.3) is 5.69 Å². The van der Waals surface area contributed by atoms with Gasteiger partial charge in [-0.15, -0.1) is 0 Å². The zero-order valence-electron chi connectivity index (χ0n) is 15.7. The van der Waals surface area contributed by atoms with Gasteiger partial charge in [0.1, 0.15) is 11.6 Å². The van der Waals surface area contributed by atoms with E-state index in [0.29, 0.717) is 11.3 Å². The van der Waals surface area contributed by atoms with Crippen molar-refractivity contribution in [3.05, 3.63) is 89.6 Å². The van der Waals surface area contributed by atoms with Crippen molar-refractivity contribution in [1.29, 1.82) is 5.26 Å². The number of hydrogen-bond acceptors (Lipinski definition) is 7. The SMILES string of the molecule is CCCn1c(=O)[nH]c(=O)n(-c2ccc(Sc3ccc([N+](=O)[O-])c(C#N)c3)cc2)c1=O. The summed E-state index contributed by atoms with van der Waals surface area (Å²) in [5, 5.41) is 20.0. The standard InChI is InChI=1S/C19H15N5O5S/c1-2-9-22-17(25)21-18(26)23(19(22)27)13-3-5-14(6-4-13)30-15-7-8-16(24(28)29)12(10-15)11-20/h3-8,10H,2,9H2,1H3,(H,21,25,26). The molecule has 0 unspecified atom stereocenters. The molecule has 0 spiro atoms. The average molecular weight is 425 g/mol. The summed E-state index contributed by atoms with van der Waals surface area (Å²) in [6.45, 7) is 1.99. The lowest BCUT2D eigenvalue weighted by Gasteiger charge is -2.09. The second-order valence-electron chi connectivity index (χ2n) is 6.15. The summed E-state index contributed by atoms with van der Waals surface area (Å²) in [5.74, 6) is 0. The van der Waals surface area contributed by atoms with Gasteiger partial charge in [-0.25, -0.2) is 23.5 Å². The third-order valence-corrected chi connectivity index (χ3v) is 5.14. The molecule has 3 aromatic rings. The van der Waals surface area contributed by atoms with Crippen molar-refractivity contribution in [2.45, 2.75) is 29.7 Å². The Balaban J connectivity index is 1.94. The number of benzene rings is 2. The number of H-pyrrole nitrogens is 1.